The maximum absolute atomic E-state index is 5.64. The van der Waals surface area contributed by atoms with Crippen molar-refractivity contribution in [3.8, 4) is 5.75 Å². The van der Waals surface area contributed by atoms with Crippen LogP contribution in [0, 0.1) is 0 Å². The first kappa shape index (κ1) is 16.4. The molecule has 0 amide bonds. The molecule has 0 spiro atoms. The third-order valence-electron chi connectivity index (χ3n) is 2.49. The number of halogens is 1. The Morgan fingerprint density at radius 1 is 1.16 bits per heavy atom. The molecule has 0 saturated carbocycles. The Labute approximate surface area is 123 Å². The van der Waals surface area contributed by atoms with Gasteiger partial charge in [0.15, 0.2) is 0 Å². The van der Waals surface area contributed by atoms with Gasteiger partial charge in [0.25, 0.3) is 0 Å². The molecule has 4 nitrogen and oxygen atoms in total. The number of benzene rings is 1. The molecule has 0 radical (unpaired) electrons. The molecule has 1 N–H and O–H groups in total. The molecular formula is C14H22BrNO3. The molecule has 108 valence electrons. The number of rotatable bonds is 10. The fourth-order valence-electron chi connectivity index (χ4n) is 1.50. The van der Waals surface area contributed by atoms with Gasteiger partial charge in [0, 0.05) is 13.7 Å². The Balaban J connectivity index is 2.29. The summed E-state index contributed by atoms with van der Waals surface area (Å²) in [6, 6.07) is 6.12. The van der Waals surface area contributed by atoms with E-state index in [1.165, 1.54) is 5.56 Å². The molecular weight excluding hydrogens is 310 g/mol. The van der Waals surface area contributed by atoms with E-state index in [0.717, 1.165) is 23.3 Å². The number of hydrogen-bond donors (Lipinski definition) is 1. The van der Waals surface area contributed by atoms with Gasteiger partial charge in [-0.15, -0.1) is 0 Å². The second kappa shape index (κ2) is 10.2. The maximum atomic E-state index is 5.64. The summed E-state index contributed by atoms with van der Waals surface area (Å²) >= 11 is 3.52. The SMILES string of the molecule is CCNCc1ccc(OCCOCCOC)c(Br)c1. The number of nitrogens with one attached hydrogen (secondary N) is 1. The molecule has 5 heteroatoms. The van der Waals surface area contributed by atoms with Gasteiger partial charge in [-0.3, -0.25) is 0 Å². The van der Waals surface area contributed by atoms with E-state index in [1.807, 2.05) is 6.07 Å². The molecule has 0 aromatic heterocycles. The first-order valence-electron chi connectivity index (χ1n) is 6.46. The molecule has 0 aliphatic rings. The molecule has 1 aromatic rings. The summed E-state index contributed by atoms with van der Waals surface area (Å²) in [5.74, 6) is 0.843. The topological polar surface area (TPSA) is 39.7 Å². The fourth-order valence-corrected chi connectivity index (χ4v) is 2.04. The lowest BCUT2D eigenvalue weighted by Gasteiger charge is -2.10. The molecule has 0 bridgehead atoms. The highest BCUT2D eigenvalue weighted by atomic mass is 79.9. The predicted molar refractivity (Wildman–Crippen MR) is 79.7 cm³/mol. The summed E-state index contributed by atoms with van der Waals surface area (Å²) in [5, 5.41) is 3.29. The molecule has 1 aromatic carbocycles. The van der Waals surface area contributed by atoms with E-state index >= 15 is 0 Å². The Morgan fingerprint density at radius 3 is 2.63 bits per heavy atom. The lowest BCUT2D eigenvalue weighted by Crippen LogP contribution is -2.12. The predicted octanol–water partition coefficient (Wildman–Crippen LogP) is 2.60. The van der Waals surface area contributed by atoms with E-state index in [9.17, 15) is 0 Å². The summed E-state index contributed by atoms with van der Waals surface area (Å²) in [6.45, 7) is 6.25. The van der Waals surface area contributed by atoms with Crippen LogP contribution < -0.4 is 10.1 Å². The van der Waals surface area contributed by atoms with Crippen LogP contribution in [-0.4, -0.2) is 40.1 Å². The second-order valence-electron chi connectivity index (χ2n) is 4.00. The van der Waals surface area contributed by atoms with Crippen molar-refractivity contribution >= 4 is 15.9 Å². The zero-order valence-electron chi connectivity index (χ0n) is 11.6. The minimum Gasteiger partial charge on any atom is -0.490 e. The van der Waals surface area contributed by atoms with Crippen molar-refractivity contribution in [3.05, 3.63) is 28.2 Å². The van der Waals surface area contributed by atoms with Gasteiger partial charge in [-0.1, -0.05) is 13.0 Å². The zero-order valence-corrected chi connectivity index (χ0v) is 13.2. The van der Waals surface area contributed by atoms with Crippen molar-refractivity contribution < 1.29 is 14.2 Å². The van der Waals surface area contributed by atoms with Crippen molar-refractivity contribution in [3.63, 3.8) is 0 Å². The van der Waals surface area contributed by atoms with E-state index < -0.39 is 0 Å². The largest absolute Gasteiger partial charge is 0.490 e. The van der Waals surface area contributed by atoms with Gasteiger partial charge in [-0.2, -0.15) is 0 Å². The van der Waals surface area contributed by atoms with Crippen molar-refractivity contribution in [2.75, 3.05) is 40.1 Å². The Bertz CT molecular complexity index is 361. The molecule has 0 atom stereocenters. The third kappa shape index (κ3) is 6.92. The lowest BCUT2D eigenvalue weighted by atomic mass is 10.2. The second-order valence-corrected chi connectivity index (χ2v) is 4.85. The first-order chi connectivity index (χ1) is 9.27. The molecule has 0 heterocycles. The van der Waals surface area contributed by atoms with Crippen LogP contribution in [0.2, 0.25) is 0 Å². The minimum atomic E-state index is 0.537. The minimum absolute atomic E-state index is 0.537. The van der Waals surface area contributed by atoms with Crippen LogP contribution in [-0.2, 0) is 16.0 Å². The van der Waals surface area contributed by atoms with E-state index in [4.69, 9.17) is 14.2 Å². The van der Waals surface area contributed by atoms with Crippen LogP contribution in [0.5, 0.6) is 5.75 Å². The highest BCUT2D eigenvalue weighted by molar-refractivity contribution is 9.10. The van der Waals surface area contributed by atoms with Crippen LogP contribution in [0.25, 0.3) is 0 Å². The molecule has 0 aliphatic carbocycles. The number of ether oxygens (including phenoxy) is 3. The van der Waals surface area contributed by atoms with Crippen LogP contribution in [0.1, 0.15) is 12.5 Å². The smallest absolute Gasteiger partial charge is 0.133 e. The summed E-state index contributed by atoms with van der Waals surface area (Å²) < 4.78 is 16.8. The van der Waals surface area contributed by atoms with E-state index in [-0.39, 0.29) is 0 Å². The first-order valence-corrected chi connectivity index (χ1v) is 7.25. The molecule has 1 rings (SSSR count). The Hall–Kier alpha value is -0.620. The quantitative estimate of drug-likeness (QED) is 0.669. The molecule has 0 aliphatic heterocycles. The normalized spacial score (nSPS) is 10.7. The van der Waals surface area contributed by atoms with Gasteiger partial charge in [0.05, 0.1) is 24.3 Å². The van der Waals surface area contributed by atoms with Crippen LogP contribution >= 0.6 is 15.9 Å². The average molecular weight is 332 g/mol. The molecule has 0 unspecified atom stereocenters. The molecule has 19 heavy (non-hydrogen) atoms. The van der Waals surface area contributed by atoms with E-state index in [1.54, 1.807) is 7.11 Å². The monoisotopic (exact) mass is 331 g/mol. The van der Waals surface area contributed by atoms with Crippen LogP contribution in [0.15, 0.2) is 22.7 Å². The van der Waals surface area contributed by atoms with Crippen molar-refractivity contribution in [2.24, 2.45) is 0 Å². The Kier molecular flexibility index (Phi) is 8.82. The summed E-state index contributed by atoms with van der Waals surface area (Å²) in [7, 11) is 1.66. The van der Waals surface area contributed by atoms with Crippen molar-refractivity contribution in [1.29, 1.82) is 0 Å². The molecule has 0 fully saturated rings. The third-order valence-corrected chi connectivity index (χ3v) is 3.11. The highest BCUT2D eigenvalue weighted by Gasteiger charge is 2.02. The maximum Gasteiger partial charge on any atom is 0.133 e. The summed E-state index contributed by atoms with van der Waals surface area (Å²) in [4.78, 5) is 0. The summed E-state index contributed by atoms with van der Waals surface area (Å²) in [5.41, 5.74) is 1.23. The van der Waals surface area contributed by atoms with E-state index in [0.29, 0.717) is 26.4 Å². The fraction of sp³-hybridized carbons (Fsp3) is 0.571. The van der Waals surface area contributed by atoms with E-state index in [2.05, 4.69) is 40.3 Å². The summed E-state index contributed by atoms with van der Waals surface area (Å²) in [6.07, 6.45) is 0. The van der Waals surface area contributed by atoms with Gasteiger partial charge in [-0.25, -0.2) is 0 Å². The van der Waals surface area contributed by atoms with Crippen LogP contribution in [0.3, 0.4) is 0 Å². The van der Waals surface area contributed by atoms with Gasteiger partial charge in [0.2, 0.25) is 0 Å². The number of hydrogen-bond acceptors (Lipinski definition) is 4. The number of methoxy groups -OCH3 is 1. The molecule has 0 saturated heterocycles. The Morgan fingerprint density at radius 2 is 1.95 bits per heavy atom. The lowest BCUT2D eigenvalue weighted by molar-refractivity contribution is 0.0543. The zero-order chi connectivity index (χ0) is 13.9. The standard InChI is InChI=1S/C14H22BrNO3/c1-3-16-11-12-4-5-14(13(15)10-12)19-9-8-18-7-6-17-2/h4-5,10,16H,3,6-9,11H2,1-2H3. The van der Waals surface area contributed by atoms with Gasteiger partial charge < -0.3 is 19.5 Å². The van der Waals surface area contributed by atoms with Crippen molar-refractivity contribution in [1.82, 2.24) is 5.32 Å². The van der Waals surface area contributed by atoms with Crippen LogP contribution in [0.4, 0.5) is 0 Å². The van der Waals surface area contributed by atoms with Gasteiger partial charge >= 0.3 is 0 Å². The van der Waals surface area contributed by atoms with Crippen molar-refractivity contribution in [2.45, 2.75) is 13.5 Å². The highest BCUT2D eigenvalue weighted by Crippen LogP contribution is 2.25. The van der Waals surface area contributed by atoms with Gasteiger partial charge in [-0.05, 0) is 40.2 Å². The van der Waals surface area contributed by atoms with Gasteiger partial charge in [0.1, 0.15) is 12.4 Å². The average Bonchev–Trinajstić information content (AvgIpc) is 2.42.